The molecule has 0 bridgehead atoms. The predicted octanol–water partition coefficient (Wildman–Crippen LogP) is 5.93. The number of fused-ring (bicyclic) bond motifs is 2. The first kappa shape index (κ1) is 29.1. The third-order valence-corrected chi connectivity index (χ3v) is 7.15. The zero-order chi connectivity index (χ0) is 30.7. The molecule has 0 radical (unpaired) electrons. The molecule has 0 saturated heterocycles. The summed E-state index contributed by atoms with van der Waals surface area (Å²) in [5.74, 6) is 1.89. The lowest BCUT2D eigenvalue weighted by Crippen LogP contribution is -2.21. The van der Waals surface area contributed by atoms with E-state index < -0.39 is 6.10 Å². The predicted molar refractivity (Wildman–Crippen MR) is 155 cm³/mol. The van der Waals surface area contributed by atoms with Crippen molar-refractivity contribution in [1.82, 2.24) is 0 Å². The molecule has 4 aromatic rings. The molecule has 4 aromatic carbocycles. The van der Waals surface area contributed by atoms with E-state index in [4.69, 9.17) is 23.7 Å². The number of hydrogen-bond donors (Lipinski definition) is 3. The van der Waals surface area contributed by atoms with Gasteiger partial charge in [0.1, 0.15) is 69.3 Å². The summed E-state index contributed by atoms with van der Waals surface area (Å²) in [6, 6.07) is 19.7. The number of ketones is 2. The molecule has 2 aliphatic rings. The van der Waals surface area contributed by atoms with E-state index in [1.807, 2.05) is 24.3 Å². The lowest BCUT2D eigenvalue weighted by molar-refractivity contribution is 0.0834. The second kappa shape index (κ2) is 12.2. The van der Waals surface area contributed by atoms with Gasteiger partial charge in [-0.25, -0.2) is 0 Å². The van der Waals surface area contributed by atoms with Gasteiger partial charge in [-0.2, -0.15) is 0 Å². The van der Waals surface area contributed by atoms with Crippen LogP contribution >= 0.6 is 0 Å². The van der Waals surface area contributed by atoms with Gasteiger partial charge in [0.2, 0.25) is 0 Å². The number of hydrogen-bond acceptors (Lipinski definition) is 10. The highest BCUT2D eigenvalue weighted by Crippen LogP contribution is 2.43. The first-order valence-corrected chi connectivity index (χ1v) is 13.3. The molecule has 0 amide bonds. The minimum absolute atomic E-state index is 0.00780. The van der Waals surface area contributed by atoms with Crippen LogP contribution in [0.3, 0.4) is 0 Å². The van der Waals surface area contributed by atoms with Crippen molar-refractivity contribution in [2.75, 3.05) is 21.3 Å². The van der Waals surface area contributed by atoms with Crippen molar-refractivity contribution < 1.29 is 48.6 Å². The quantitative estimate of drug-likeness (QED) is 0.258. The average Bonchev–Trinajstić information content (AvgIpc) is 3.00. The fourth-order valence-corrected chi connectivity index (χ4v) is 4.98. The van der Waals surface area contributed by atoms with Gasteiger partial charge in [0.05, 0.1) is 34.2 Å². The molecule has 222 valence electrons. The Labute approximate surface area is 247 Å². The molecule has 3 N–H and O–H groups in total. The summed E-state index contributed by atoms with van der Waals surface area (Å²) in [4.78, 5) is 24.6. The second-order valence-corrected chi connectivity index (χ2v) is 9.87. The molecule has 0 fully saturated rings. The summed E-state index contributed by atoms with van der Waals surface area (Å²) in [5.41, 5.74) is 2.23. The highest BCUT2D eigenvalue weighted by atomic mass is 16.5. The summed E-state index contributed by atoms with van der Waals surface area (Å²) in [7, 11) is 4.70. The molecule has 10 nitrogen and oxygen atoms in total. The SMILES string of the molecule is COc1ccc([C@@H]2CC(=O)c3c(OC)cc(OC)cc3O2)cc1.O=C1C[C@@H](c2ccc(O)cc2)Oc2cc(O)cc(O)c21. The summed E-state index contributed by atoms with van der Waals surface area (Å²) >= 11 is 0. The monoisotopic (exact) mass is 586 g/mol. The Morgan fingerprint density at radius 3 is 1.70 bits per heavy atom. The molecule has 0 saturated carbocycles. The van der Waals surface area contributed by atoms with Gasteiger partial charge in [0.15, 0.2) is 11.6 Å². The Morgan fingerprint density at radius 2 is 1.14 bits per heavy atom. The first-order valence-electron chi connectivity index (χ1n) is 13.3. The standard InChI is InChI=1S/C18H18O5.C15H12O5/c1-20-12-6-4-11(5-7-12)15-10-14(19)18-16(22-3)8-13(21-2)9-17(18)23-15;16-9-3-1-8(2-4-9)13-7-12(19)15-11(18)5-10(17)6-14(15)20-13/h4-9,15H,10H2,1-3H3;1-6,13,16-18H,7H2/t15-;13-/m00/s1. The maximum absolute atomic E-state index is 12.5. The largest absolute Gasteiger partial charge is 0.508 e. The van der Waals surface area contributed by atoms with E-state index in [2.05, 4.69) is 0 Å². The Bertz CT molecular complexity index is 1640. The topological polar surface area (TPSA) is 141 Å². The summed E-state index contributed by atoms with van der Waals surface area (Å²) in [6.45, 7) is 0. The van der Waals surface area contributed by atoms with E-state index in [0.29, 0.717) is 22.8 Å². The molecule has 2 atom stereocenters. The molecular formula is C33H30O10. The van der Waals surface area contributed by atoms with E-state index in [1.54, 1.807) is 38.5 Å². The fourth-order valence-electron chi connectivity index (χ4n) is 4.98. The van der Waals surface area contributed by atoms with E-state index in [0.717, 1.165) is 22.9 Å². The Morgan fingerprint density at radius 1 is 0.605 bits per heavy atom. The second-order valence-electron chi connectivity index (χ2n) is 9.87. The number of phenols is 3. The van der Waals surface area contributed by atoms with Crippen LogP contribution in [-0.2, 0) is 0 Å². The Balaban J connectivity index is 0.000000173. The minimum atomic E-state index is -0.503. The van der Waals surface area contributed by atoms with Crippen LogP contribution in [0.4, 0.5) is 0 Å². The summed E-state index contributed by atoms with van der Waals surface area (Å²) in [5, 5.41) is 28.4. The number of phenolic OH excluding ortho intramolecular Hbond substituents is 3. The summed E-state index contributed by atoms with van der Waals surface area (Å²) < 4.78 is 27.4. The van der Waals surface area contributed by atoms with Gasteiger partial charge < -0.3 is 39.0 Å². The molecule has 6 rings (SSSR count). The molecule has 43 heavy (non-hydrogen) atoms. The van der Waals surface area contributed by atoms with Crippen LogP contribution in [0.15, 0.2) is 72.8 Å². The molecule has 2 heterocycles. The van der Waals surface area contributed by atoms with E-state index >= 15 is 0 Å². The maximum atomic E-state index is 12.5. The minimum Gasteiger partial charge on any atom is -0.508 e. The molecule has 0 spiro atoms. The third kappa shape index (κ3) is 6.13. The lowest BCUT2D eigenvalue weighted by atomic mass is 9.95. The Kier molecular flexibility index (Phi) is 8.29. The van der Waals surface area contributed by atoms with E-state index in [9.17, 15) is 24.9 Å². The summed E-state index contributed by atoms with van der Waals surface area (Å²) in [6.07, 6.45) is -0.479. The average molecular weight is 587 g/mol. The van der Waals surface area contributed by atoms with Gasteiger partial charge in [0, 0.05) is 24.3 Å². The van der Waals surface area contributed by atoms with Crippen molar-refractivity contribution in [2.24, 2.45) is 0 Å². The molecule has 0 aromatic heterocycles. The highest BCUT2D eigenvalue weighted by Gasteiger charge is 2.32. The van der Waals surface area contributed by atoms with Crippen LogP contribution in [0.5, 0.6) is 46.0 Å². The van der Waals surface area contributed by atoms with Crippen LogP contribution in [0, 0.1) is 0 Å². The number of benzene rings is 4. The number of rotatable bonds is 5. The zero-order valence-electron chi connectivity index (χ0n) is 23.7. The first-order chi connectivity index (χ1) is 20.7. The number of ether oxygens (including phenoxy) is 5. The van der Waals surface area contributed by atoms with Gasteiger partial charge in [0.25, 0.3) is 0 Å². The van der Waals surface area contributed by atoms with Gasteiger partial charge in [-0.15, -0.1) is 0 Å². The lowest BCUT2D eigenvalue weighted by Gasteiger charge is -2.27. The van der Waals surface area contributed by atoms with Crippen LogP contribution in [0.1, 0.15) is 56.9 Å². The molecular weight excluding hydrogens is 556 g/mol. The Hall–Kier alpha value is -5.38. The fraction of sp³-hybridized carbons (Fsp3) is 0.212. The molecule has 10 heteroatoms. The smallest absolute Gasteiger partial charge is 0.174 e. The number of aromatic hydroxyl groups is 3. The van der Waals surface area contributed by atoms with E-state index in [1.165, 1.54) is 25.3 Å². The van der Waals surface area contributed by atoms with E-state index in [-0.39, 0.29) is 59.1 Å². The van der Waals surface area contributed by atoms with Crippen LogP contribution in [-0.4, -0.2) is 48.2 Å². The van der Waals surface area contributed by atoms with Crippen molar-refractivity contribution in [3.63, 3.8) is 0 Å². The van der Waals surface area contributed by atoms with Crippen molar-refractivity contribution in [3.05, 3.63) is 95.1 Å². The number of carbonyl (C=O) groups is 2. The van der Waals surface area contributed by atoms with Crippen molar-refractivity contribution >= 4 is 11.6 Å². The van der Waals surface area contributed by atoms with Crippen molar-refractivity contribution in [3.8, 4) is 46.0 Å². The van der Waals surface area contributed by atoms with Gasteiger partial charge in [-0.1, -0.05) is 24.3 Å². The van der Waals surface area contributed by atoms with Crippen molar-refractivity contribution in [1.29, 1.82) is 0 Å². The van der Waals surface area contributed by atoms with Gasteiger partial charge in [-0.05, 0) is 35.4 Å². The van der Waals surface area contributed by atoms with Gasteiger partial charge >= 0.3 is 0 Å². The number of methoxy groups -OCH3 is 3. The van der Waals surface area contributed by atoms with Crippen molar-refractivity contribution in [2.45, 2.75) is 25.0 Å². The molecule has 2 aliphatic heterocycles. The third-order valence-electron chi connectivity index (χ3n) is 7.15. The normalized spacial score (nSPS) is 16.8. The maximum Gasteiger partial charge on any atom is 0.174 e. The number of carbonyl (C=O) groups excluding carboxylic acids is 2. The number of Topliss-reactive ketones (excluding diaryl/α,β-unsaturated/α-hetero) is 2. The van der Waals surface area contributed by atoms with Crippen LogP contribution in [0.25, 0.3) is 0 Å². The molecule has 0 aliphatic carbocycles. The van der Waals surface area contributed by atoms with Crippen LogP contribution in [0.2, 0.25) is 0 Å². The van der Waals surface area contributed by atoms with Crippen LogP contribution < -0.4 is 23.7 Å². The van der Waals surface area contributed by atoms with Gasteiger partial charge in [-0.3, -0.25) is 9.59 Å². The highest BCUT2D eigenvalue weighted by molar-refractivity contribution is 6.03. The zero-order valence-corrected chi connectivity index (χ0v) is 23.7. The molecule has 0 unspecified atom stereocenters.